The zero-order valence-corrected chi connectivity index (χ0v) is 11.7. The van der Waals surface area contributed by atoms with Crippen LogP contribution < -0.4 is 4.74 Å². The molecule has 7 heteroatoms. The van der Waals surface area contributed by atoms with E-state index in [0.29, 0.717) is 17.2 Å². The van der Waals surface area contributed by atoms with Crippen LogP contribution in [0.2, 0.25) is 0 Å². The first kappa shape index (κ1) is 14.1. The van der Waals surface area contributed by atoms with E-state index in [9.17, 15) is 9.90 Å². The SMILES string of the molecule is COc1cccc(/C=C(\Sc2nnc(C)o2)C(=O)O)c1. The Kier molecular flexibility index (Phi) is 4.41. The van der Waals surface area contributed by atoms with Crippen LogP contribution in [0.4, 0.5) is 0 Å². The lowest BCUT2D eigenvalue weighted by molar-refractivity contribution is -0.131. The average molecular weight is 292 g/mol. The van der Waals surface area contributed by atoms with Gasteiger partial charge in [-0.2, -0.15) is 0 Å². The first-order chi connectivity index (χ1) is 9.58. The first-order valence-corrected chi connectivity index (χ1v) is 6.47. The van der Waals surface area contributed by atoms with Crippen LogP contribution in [0.5, 0.6) is 5.75 Å². The Morgan fingerprint density at radius 1 is 1.45 bits per heavy atom. The van der Waals surface area contributed by atoms with Crippen molar-refractivity contribution in [3.8, 4) is 5.75 Å². The minimum absolute atomic E-state index is 0.0851. The van der Waals surface area contributed by atoms with E-state index in [1.165, 1.54) is 6.08 Å². The molecule has 0 atom stereocenters. The molecule has 0 bridgehead atoms. The number of methoxy groups -OCH3 is 1. The predicted molar refractivity (Wildman–Crippen MR) is 73.5 cm³/mol. The van der Waals surface area contributed by atoms with Gasteiger partial charge in [0.15, 0.2) is 0 Å². The van der Waals surface area contributed by atoms with E-state index >= 15 is 0 Å². The molecule has 1 heterocycles. The van der Waals surface area contributed by atoms with Crippen LogP contribution in [-0.4, -0.2) is 28.4 Å². The van der Waals surface area contributed by atoms with Gasteiger partial charge in [0.1, 0.15) is 10.7 Å². The topological polar surface area (TPSA) is 85.5 Å². The number of carboxylic acid groups (broad SMARTS) is 1. The minimum atomic E-state index is -1.06. The van der Waals surface area contributed by atoms with Crippen molar-refractivity contribution in [1.82, 2.24) is 10.2 Å². The van der Waals surface area contributed by atoms with Gasteiger partial charge in [-0.25, -0.2) is 4.79 Å². The highest BCUT2D eigenvalue weighted by Gasteiger charge is 2.14. The van der Waals surface area contributed by atoms with Gasteiger partial charge in [0.2, 0.25) is 5.89 Å². The third-order valence-corrected chi connectivity index (χ3v) is 3.16. The number of benzene rings is 1. The fourth-order valence-corrected chi connectivity index (χ4v) is 2.15. The maximum Gasteiger partial charge on any atom is 0.342 e. The summed E-state index contributed by atoms with van der Waals surface area (Å²) in [6.45, 7) is 1.64. The summed E-state index contributed by atoms with van der Waals surface area (Å²) in [5, 5.41) is 16.8. The van der Waals surface area contributed by atoms with Crippen molar-refractivity contribution in [2.75, 3.05) is 7.11 Å². The lowest BCUT2D eigenvalue weighted by Gasteiger charge is -2.02. The highest BCUT2D eigenvalue weighted by Crippen LogP contribution is 2.28. The standard InChI is InChI=1S/C13H12N2O4S/c1-8-14-15-13(19-8)20-11(12(16)17)7-9-4-3-5-10(6-9)18-2/h3-7H,1-2H3,(H,16,17)/b11-7-. The fourth-order valence-electron chi connectivity index (χ4n) is 1.43. The molecule has 0 fully saturated rings. The van der Waals surface area contributed by atoms with Crippen molar-refractivity contribution >= 4 is 23.8 Å². The maximum absolute atomic E-state index is 11.3. The number of nitrogens with zero attached hydrogens (tertiary/aromatic N) is 2. The third-order valence-electron chi connectivity index (χ3n) is 2.31. The van der Waals surface area contributed by atoms with Crippen molar-refractivity contribution in [2.45, 2.75) is 12.1 Å². The van der Waals surface area contributed by atoms with Crippen LogP contribution in [0.15, 0.2) is 38.8 Å². The van der Waals surface area contributed by atoms with Gasteiger partial charge in [-0.1, -0.05) is 12.1 Å². The molecule has 1 N–H and O–H groups in total. The summed E-state index contributed by atoms with van der Waals surface area (Å²) in [5.74, 6) is -0.0191. The van der Waals surface area contributed by atoms with Gasteiger partial charge in [0.05, 0.1) is 7.11 Å². The van der Waals surface area contributed by atoms with Crippen LogP contribution >= 0.6 is 11.8 Å². The van der Waals surface area contributed by atoms with Crippen LogP contribution in [0.3, 0.4) is 0 Å². The normalized spacial score (nSPS) is 11.4. The summed E-state index contributed by atoms with van der Waals surface area (Å²) in [6.07, 6.45) is 1.52. The zero-order valence-electron chi connectivity index (χ0n) is 10.9. The van der Waals surface area contributed by atoms with Gasteiger partial charge in [0, 0.05) is 6.92 Å². The second kappa shape index (κ2) is 6.25. The summed E-state index contributed by atoms with van der Waals surface area (Å²) >= 11 is 0.906. The number of aliphatic carboxylic acids is 1. The minimum Gasteiger partial charge on any atom is -0.497 e. The van der Waals surface area contributed by atoms with Crippen molar-refractivity contribution in [2.24, 2.45) is 0 Å². The lowest BCUT2D eigenvalue weighted by atomic mass is 10.2. The monoisotopic (exact) mass is 292 g/mol. The lowest BCUT2D eigenvalue weighted by Crippen LogP contribution is -1.97. The number of ether oxygens (including phenoxy) is 1. The number of hydrogen-bond donors (Lipinski definition) is 1. The molecular weight excluding hydrogens is 280 g/mol. The molecule has 0 aliphatic heterocycles. The summed E-state index contributed by atoms with van der Waals surface area (Å²) in [6, 6.07) is 7.09. The molecule has 20 heavy (non-hydrogen) atoms. The molecule has 0 radical (unpaired) electrons. The maximum atomic E-state index is 11.3. The Labute approximate surface area is 119 Å². The molecule has 0 saturated heterocycles. The van der Waals surface area contributed by atoms with Crippen LogP contribution in [0.25, 0.3) is 6.08 Å². The zero-order chi connectivity index (χ0) is 14.5. The molecule has 0 aliphatic rings. The summed E-state index contributed by atoms with van der Waals surface area (Å²) in [5.41, 5.74) is 0.713. The number of carboxylic acids is 1. The Bertz CT molecular complexity index is 651. The van der Waals surface area contributed by atoms with Crippen LogP contribution in [0, 0.1) is 6.92 Å². The van der Waals surface area contributed by atoms with Crippen molar-refractivity contribution in [1.29, 1.82) is 0 Å². The Hall–Kier alpha value is -2.28. The number of aromatic nitrogens is 2. The largest absolute Gasteiger partial charge is 0.497 e. The summed E-state index contributed by atoms with van der Waals surface area (Å²) in [4.78, 5) is 11.3. The number of aryl methyl sites for hydroxylation is 1. The molecule has 2 aromatic rings. The summed E-state index contributed by atoms with van der Waals surface area (Å²) in [7, 11) is 1.55. The molecule has 0 amide bonds. The Balaban J connectivity index is 2.27. The average Bonchev–Trinajstić information content (AvgIpc) is 2.83. The van der Waals surface area contributed by atoms with E-state index in [1.54, 1.807) is 38.3 Å². The highest BCUT2D eigenvalue weighted by atomic mass is 32.2. The van der Waals surface area contributed by atoms with Gasteiger partial charge in [-0.05, 0) is 35.5 Å². The van der Waals surface area contributed by atoms with Gasteiger partial charge < -0.3 is 14.3 Å². The van der Waals surface area contributed by atoms with E-state index < -0.39 is 5.97 Å². The predicted octanol–water partition coefficient (Wildman–Crippen LogP) is 2.60. The second-order valence-electron chi connectivity index (χ2n) is 3.78. The Morgan fingerprint density at radius 3 is 2.85 bits per heavy atom. The molecule has 6 nitrogen and oxygen atoms in total. The van der Waals surface area contributed by atoms with Crippen LogP contribution in [0.1, 0.15) is 11.5 Å². The van der Waals surface area contributed by atoms with E-state index in [1.807, 2.05) is 0 Å². The molecule has 0 unspecified atom stereocenters. The number of rotatable bonds is 5. The van der Waals surface area contributed by atoms with Crippen molar-refractivity contribution < 1.29 is 19.1 Å². The highest BCUT2D eigenvalue weighted by molar-refractivity contribution is 8.03. The van der Waals surface area contributed by atoms with Crippen LogP contribution in [-0.2, 0) is 4.79 Å². The molecule has 2 rings (SSSR count). The molecule has 0 saturated carbocycles. The number of carbonyl (C=O) groups is 1. The van der Waals surface area contributed by atoms with Gasteiger partial charge in [-0.3, -0.25) is 0 Å². The van der Waals surface area contributed by atoms with Crippen molar-refractivity contribution in [3.05, 3.63) is 40.6 Å². The first-order valence-electron chi connectivity index (χ1n) is 5.65. The van der Waals surface area contributed by atoms with Gasteiger partial charge in [0.25, 0.3) is 5.22 Å². The molecule has 104 valence electrons. The van der Waals surface area contributed by atoms with E-state index in [2.05, 4.69) is 10.2 Å². The van der Waals surface area contributed by atoms with E-state index in [0.717, 1.165) is 11.8 Å². The quantitative estimate of drug-likeness (QED) is 0.669. The number of hydrogen-bond acceptors (Lipinski definition) is 6. The summed E-state index contributed by atoms with van der Waals surface area (Å²) < 4.78 is 10.3. The molecule has 1 aromatic carbocycles. The number of thioether (sulfide) groups is 1. The smallest absolute Gasteiger partial charge is 0.342 e. The Morgan fingerprint density at radius 2 is 2.25 bits per heavy atom. The van der Waals surface area contributed by atoms with E-state index in [-0.39, 0.29) is 10.1 Å². The molecule has 1 aromatic heterocycles. The van der Waals surface area contributed by atoms with E-state index in [4.69, 9.17) is 9.15 Å². The third kappa shape index (κ3) is 3.61. The van der Waals surface area contributed by atoms with Crippen molar-refractivity contribution in [3.63, 3.8) is 0 Å². The van der Waals surface area contributed by atoms with Gasteiger partial charge in [-0.15, -0.1) is 10.2 Å². The second-order valence-corrected chi connectivity index (χ2v) is 4.77. The molecule has 0 spiro atoms. The fraction of sp³-hybridized carbons (Fsp3) is 0.154. The molecular formula is C13H12N2O4S. The molecule has 0 aliphatic carbocycles. The van der Waals surface area contributed by atoms with Gasteiger partial charge >= 0.3 is 5.97 Å².